The van der Waals surface area contributed by atoms with E-state index < -0.39 is 67.0 Å². The van der Waals surface area contributed by atoms with E-state index in [1.165, 1.54) is 13.2 Å². The van der Waals surface area contributed by atoms with Gasteiger partial charge in [0.25, 0.3) is 0 Å². The van der Waals surface area contributed by atoms with Gasteiger partial charge in [0.1, 0.15) is 11.5 Å². The van der Waals surface area contributed by atoms with Gasteiger partial charge < -0.3 is 32.6 Å². The van der Waals surface area contributed by atoms with Gasteiger partial charge in [-0.25, -0.2) is 4.79 Å². The number of esters is 1. The Labute approximate surface area is 370 Å². The summed E-state index contributed by atoms with van der Waals surface area (Å²) in [6, 6.07) is 7.83. The van der Waals surface area contributed by atoms with Gasteiger partial charge in [-0.1, -0.05) is 122 Å². The molecule has 0 aromatic heterocycles. The van der Waals surface area contributed by atoms with Crippen molar-refractivity contribution in [2.24, 2.45) is 35.5 Å². The maximum absolute atomic E-state index is 14.7. The van der Waals surface area contributed by atoms with Crippen LogP contribution < -0.4 is 4.74 Å². The second kappa shape index (κ2) is 22.3. The number of carbonyl (C=O) groups excluding carboxylic acids is 2. The molecule has 0 aliphatic carbocycles. The van der Waals surface area contributed by atoms with E-state index in [2.05, 4.69) is 115 Å². The van der Waals surface area contributed by atoms with Crippen molar-refractivity contribution < 1.29 is 42.2 Å². The average Bonchev–Trinajstić information content (AvgIpc) is 3.14. The van der Waals surface area contributed by atoms with Crippen LogP contribution in [0.2, 0.25) is 54.4 Å². The molecule has 0 unspecified atom stereocenters. The minimum absolute atomic E-state index is 0.0199. The molecule has 9 nitrogen and oxygen atoms in total. The topological polar surface area (TPSA) is 110 Å². The van der Waals surface area contributed by atoms with Crippen LogP contribution in [0.3, 0.4) is 0 Å². The normalized spacial score (nSPS) is 18.8. The summed E-state index contributed by atoms with van der Waals surface area (Å²) in [5.74, 6) is -2.01. The third-order valence-corrected chi connectivity index (χ3v) is 27.8. The van der Waals surface area contributed by atoms with Crippen molar-refractivity contribution in [1.29, 1.82) is 0 Å². The number of aliphatic hydroxyl groups is 1. The molecule has 1 aromatic rings. The van der Waals surface area contributed by atoms with Crippen molar-refractivity contribution >= 4 is 36.7 Å². The fourth-order valence-electron chi connectivity index (χ4n) is 6.78. The first-order valence-electron chi connectivity index (χ1n) is 22.3. The molecule has 0 spiro atoms. The molecule has 348 valence electrons. The van der Waals surface area contributed by atoms with Gasteiger partial charge in [-0.2, -0.15) is 0 Å². The second-order valence-corrected chi connectivity index (χ2v) is 36.6. The molecule has 10 atom stereocenters. The zero-order chi connectivity index (χ0) is 47.0. The highest BCUT2D eigenvalue weighted by Crippen LogP contribution is 2.43. The molecule has 1 rings (SSSR count). The fourth-order valence-corrected chi connectivity index (χ4v) is 10.8. The van der Waals surface area contributed by atoms with Crippen LogP contribution in [0.1, 0.15) is 109 Å². The monoisotopic (exact) mass is 895 g/mol. The van der Waals surface area contributed by atoms with Crippen LogP contribution in [0, 0.1) is 35.5 Å². The number of ether oxygens (including phenoxy) is 3. The summed E-state index contributed by atoms with van der Waals surface area (Å²) in [5, 5.41) is 12.3. The van der Waals surface area contributed by atoms with Crippen LogP contribution in [-0.4, -0.2) is 87.1 Å². The zero-order valence-electron chi connectivity index (χ0n) is 42.4. The number of hydrogen-bond donors (Lipinski definition) is 1. The molecular weight excluding hydrogens is 805 g/mol. The van der Waals surface area contributed by atoms with E-state index >= 15 is 0 Å². The van der Waals surface area contributed by atoms with Gasteiger partial charge in [0, 0.05) is 48.2 Å². The first-order valence-corrected chi connectivity index (χ1v) is 31.0. The van der Waals surface area contributed by atoms with Crippen LogP contribution in [0.15, 0.2) is 36.4 Å². The van der Waals surface area contributed by atoms with Gasteiger partial charge in [0.15, 0.2) is 25.0 Å². The Bertz CT molecular complexity index is 1500. The van der Waals surface area contributed by atoms with Crippen molar-refractivity contribution in [3.8, 4) is 5.75 Å². The minimum Gasteiger partial charge on any atom is -0.497 e. The van der Waals surface area contributed by atoms with Gasteiger partial charge >= 0.3 is 5.97 Å². The molecule has 0 bridgehead atoms. The molecule has 0 radical (unpaired) electrons. The maximum Gasteiger partial charge on any atom is 0.330 e. The summed E-state index contributed by atoms with van der Waals surface area (Å²) in [6.45, 7) is 46.4. The lowest BCUT2D eigenvalue weighted by molar-refractivity contribution is -0.140. The molecular formula is C48H90O9Si3. The summed E-state index contributed by atoms with van der Waals surface area (Å²) in [5.41, 5.74) is 0.975. The molecule has 0 saturated carbocycles. The first kappa shape index (κ1) is 56.4. The largest absolute Gasteiger partial charge is 0.497 e. The molecule has 12 heteroatoms. The van der Waals surface area contributed by atoms with E-state index in [1.807, 2.05) is 52.0 Å². The lowest BCUT2D eigenvalue weighted by atomic mass is 9.76. The van der Waals surface area contributed by atoms with Gasteiger partial charge in [-0.3, -0.25) is 4.79 Å². The van der Waals surface area contributed by atoms with Crippen molar-refractivity contribution in [3.63, 3.8) is 0 Å². The SMILES string of the molecule is COC(=O)/C=C/[C@H](C)[C@@H](O[Si](C)(C)C(C)(C)C)[C@H](C)C(=O)[C@H](C)[C@@H](O)[C@H](C)[C@H](OCc1ccc(OC)cc1)[C@@H](C)[C@@H](O[Si](C)(C)C(C)(C)C)[C@H](C)CO[Si](C)(C)C(C)(C)C. The molecule has 0 fully saturated rings. The molecule has 0 aliphatic rings. The Morgan fingerprint density at radius 1 is 0.667 bits per heavy atom. The zero-order valence-corrected chi connectivity index (χ0v) is 45.4. The third-order valence-electron chi connectivity index (χ3n) is 14.4. The molecule has 0 saturated heterocycles. The highest BCUT2D eigenvalue weighted by molar-refractivity contribution is 6.75. The standard InChI is InChI=1S/C48H90O9Si3/c1-32(24-29-40(49)53-17)43(56-59(20,21)47(10,11)12)35(4)41(50)34(3)42(51)36(5)45(54-31-38-25-27-39(52-16)28-26-38)37(6)44(57-60(22,23)48(13,14)15)33(2)30-55-58(18,19)46(7,8)9/h24-29,32-37,42-45,51H,30-31H2,1-23H3/b29-24+/t32-,33+,34-,35+,36-,37-,42+,43+,44-,45-/m0/s1. The number of methoxy groups -OCH3 is 2. The maximum atomic E-state index is 14.7. The molecule has 60 heavy (non-hydrogen) atoms. The van der Waals surface area contributed by atoms with E-state index in [9.17, 15) is 14.7 Å². The summed E-state index contributed by atoms with van der Waals surface area (Å²) >= 11 is 0. The predicted molar refractivity (Wildman–Crippen MR) is 256 cm³/mol. The Morgan fingerprint density at radius 2 is 1.13 bits per heavy atom. The molecule has 0 heterocycles. The summed E-state index contributed by atoms with van der Waals surface area (Å²) in [6.07, 6.45) is 0.872. The van der Waals surface area contributed by atoms with Crippen LogP contribution in [-0.2, 0) is 38.9 Å². The molecule has 0 amide bonds. The van der Waals surface area contributed by atoms with Crippen molar-refractivity contribution in [3.05, 3.63) is 42.0 Å². The number of rotatable bonds is 23. The number of aliphatic hydroxyl groups excluding tert-OH is 1. The lowest BCUT2D eigenvalue weighted by Crippen LogP contribution is -2.53. The van der Waals surface area contributed by atoms with E-state index in [0.29, 0.717) is 13.2 Å². The summed E-state index contributed by atoms with van der Waals surface area (Å²) in [7, 11) is -3.76. The Balaban J connectivity index is 3.79. The molecule has 0 aliphatic heterocycles. The van der Waals surface area contributed by atoms with E-state index in [4.69, 9.17) is 27.5 Å². The van der Waals surface area contributed by atoms with E-state index in [0.717, 1.165) is 11.3 Å². The number of carbonyl (C=O) groups is 2. The predicted octanol–water partition coefficient (Wildman–Crippen LogP) is 11.9. The average molecular weight is 895 g/mol. The van der Waals surface area contributed by atoms with Gasteiger partial charge in [0.2, 0.25) is 0 Å². The quantitative estimate of drug-likeness (QED) is 0.0652. The fraction of sp³-hybridized carbons (Fsp3) is 0.792. The molecule has 1 aromatic carbocycles. The van der Waals surface area contributed by atoms with Gasteiger partial charge in [-0.05, 0) is 72.1 Å². The van der Waals surface area contributed by atoms with Crippen LogP contribution >= 0.6 is 0 Å². The molecule has 1 N–H and O–H groups in total. The summed E-state index contributed by atoms with van der Waals surface area (Å²) < 4.78 is 38.4. The van der Waals surface area contributed by atoms with Gasteiger partial charge in [0.05, 0.1) is 45.2 Å². The second-order valence-electron chi connectivity index (χ2n) is 22.3. The van der Waals surface area contributed by atoms with E-state index in [1.54, 1.807) is 13.2 Å². The minimum atomic E-state index is -2.37. The van der Waals surface area contributed by atoms with Crippen molar-refractivity contribution in [2.75, 3.05) is 20.8 Å². The Kier molecular flexibility index (Phi) is 21.0. The highest BCUT2D eigenvalue weighted by Gasteiger charge is 2.48. The Hall–Kier alpha value is -1.65. The number of benzene rings is 1. The van der Waals surface area contributed by atoms with Crippen LogP contribution in [0.4, 0.5) is 0 Å². The first-order chi connectivity index (χ1) is 27.1. The van der Waals surface area contributed by atoms with Crippen molar-refractivity contribution in [2.45, 2.75) is 189 Å². The third kappa shape index (κ3) is 15.6. The number of ketones is 1. The van der Waals surface area contributed by atoms with Crippen molar-refractivity contribution in [1.82, 2.24) is 0 Å². The number of Topliss-reactive ketones (excluding diaryl/α,β-unsaturated/α-hetero) is 1. The van der Waals surface area contributed by atoms with Gasteiger partial charge in [-0.15, -0.1) is 0 Å². The smallest absolute Gasteiger partial charge is 0.330 e. The van der Waals surface area contributed by atoms with Crippen LogP contribution in [0.25, 0.3) is 0 Å². The van der Waals surface area contributed by atoms with E-state index in [-0.39, 0.29) is 44.8 Å². The summed E-state index contributed by atoms with van der Waals surface area (Å²) in [4.78, 5) is 26.8. The van der Waals surface area contributed by atoms with Crippen LogP contribution in [0.5, 0.6) is 5.75 Å². The lowest BCUT2D eigenvalue weighted by Gasteiger charge is -2.46. The number of hydrogen-bond acceptors (Lipinski definition) is 9. The highest BCUT2D eigenvalue weighted by atomic mass is 28.4. The Morgan fingerprint density at radius 3 is 1.57 bits per heavy atom.